The van der Waals surface area contributed by atoms with E-state index in [1.807, 2.05) is 23.9 Å². The number of rotatable bonds is 9. The maximum atomic E-state index is 14.0. The molecule has 0 aromatic carbocycles. The van der Waals surface area contributed by atoms with Crippen molar-refractivity contribution in [2.45, 2.75) is 121 Å². The van der Waals surface area contributed by atoms with Crippen LogP contribution in [-0.4, -0.2) is 83.3 Å². The van der Waals surface area contributed by atoms with Gasteiger partial charge in [-0.1, -0.05) is 40.0 Å². The number of carbonyl (C=O) groups excluding carboxylic acids is 1. The number of hydroxylamine groups is 2. The molecule has 1 aliphatic heterocycles. The van der Waals surface area contributed by atoms with Crippen molar-refractivity contribution in [3.8, 4) is 0 Å². The number of carbonyl (C=O) groups is 1. The van der Waals surface area contributed by atoms with Crippen molar-refractivity contribution >= 4 is 17.7 Å². The van der Waals surface area contributed by atoms with Crippen LogP contribution in [0.1, 0.15) is 85.5 Å². The van der Waals surface area contributed by atoms with Crippen molar-refractivity contribution in [2.24, 2.45) is 46.8 Å². The number of thioether (sulfide) groups is 1. The van der Waals surface area contributed by atoms with Crippen LogP contribution in [0, 0.1) is 46.8 Å². The lowest BCUT2D eigenvalue weighted by Crippen LogP contribution is -2.62. The molecule has 6 rings (SSSR count). The molecule has 230 valence electrons. The van der Waals surface area contributed by atoms with Gasteiger partial charge in [0.05, 0.1) is 18.8 Å². The number of amides is 1. The Morgan fingerprint density at radius 2 is 1.93 bits per heavy atom. The monoisotopic (exact) mass is 580 g/mol. The van der Waals surface area contributed by atoms with Gasteiger partial charge in [0.2, 0.25) is 5.91 Å². The third kappa shape index (κ3) is 5.76. The Bertz CT molecular complexity index is 872. The number of nitrogens with one attached hydrogen (secondary N) is 1. The van der Waals surface area contributed by atoms with E-state index >= 15 is 0 Å². The molecule has 0 aromatic rings. The number of ether oxygens (including phenoxy) is 1. The third-order valence-corrected chi connectivity index (χ3v) is 13.4. The SMILES string of the molecule is COC1C(CN2O[C@@H](CO)[C@@H]([C@H](C)O)[C@H]2C(=O)N[C@H]2C[C@H]3C[C@@H]([C@@H]2C)C3(C)C)CCCC1C1CCCC(SC)C1. The van der Waals surface area contributed by atoms with Gasteiger partial charge in [-0.05, 0) is 86.7 Å². The van der Waals surface area contributed by atoms with Gasteiger partial charge in [-0.2, -0.15) is 16.8 Å². The molecule has 6 aliphatic rings. The summed E-state index contributed by atoms with van der Waals surface area (Å²) in [6.07, 6.45) is 11.9. The van der Waals surface area contributed by atoms with Crippen LogP contribution in [0.25, 0.3) is 0 Å². The maximum Gasteiger partial charge on any atom is 0.240 e. The zero-order valence-corrected chi connectivity index (χ0v) is 26.6. The molecule has 8 heteroatoms. The number of aliphatic hydroxyl groups is 2. The maximum absolute atomic E-state index is 14.0. The summed E-state index contributed by atoms with van der Waals surface area (Å²) in [6, 6.07) is -0.473. The zero-order chi connectivity index (χ0) is 28.8. The summed E-state index contributed by atoms with van der Waals surface area (Å²) in [5, 5.41) is 27.0. The molecule has 1 amide bonds. The van der Waals surface area contributed by atoms with E-state index in [2.05, 4.69) is 32.3 Å². The Balaban J connectivity index is 1.31. The van der Waals surface area contributed by atoms with E-state index in [0.29, 0.717) is 41.5 Å². The average Bonchev–Trinajstić information content (AvgIpc) is 3.32. The normalized spacial score (nSPS) is 46.0. The molecule has 0 spiro atoms. The molecule has 5 aliphatic carbocycles. The lowest BCUT2D eigenvalue weighted by Gasteiger charge is -2.62. The molecule has 0 aromatic heterocycles. The van der Waals surface area contributed by atoms with Gasteiger partial charge in [0.25, 0.3) is 0 Å². The van der Waals surface area contributed by atoms with Crippen LogP contribution in [0.2, 0.25) is 0 Å². The Morgan fingerprint density at radius 3 is 2.55 bits per heavy atom. The molecule has 7 nitrogen and oxygen atoms in total. The highest BCUT2D eigenvalue weighted by atomic mass is 32.2. The van der Waals surface area contributed by atoms with Crippen molar-refractivity contribution in [3.05, 3.63) is 0 Å². The second kappa shape index (κ2) is 12.7. The van der Waals surface area contributed by atoms with E-state index < -0.39 is 24.2 Å². The Labute approximate surface area is 246 Å². The van der Waals surface area contributed by atoms with Crippen LogP contribution in [0.15, 0.2) is 0 Å². The number of methoxy groups -OCH3 is 1. The molecule has 0 radical (unpaired) electrons. The third-order valence-electron chi connectivity index (χ3n) is 12.4. The first-order chi connectivity index (χ1) is 19.1. The van der Waals surface area contributed by atoms with Gasteiger partial charge in [0, 0.05) is 36.8 Å². The standard InChI is InChI=1S/C32H56N2O5S/c1-18-25-14-22(32(25,3)4)15-26(18)33-31(37)29-28(19(2)36)27(17-35)39-34(29)16-21-10-8-12-24(30(21)38-5)20-9-7-11-23(13-20)40-6/h18-30,35-36H,7-17H2,1-6H3,(H,33,37)/t18-,19-,20?,21?,22+,23?,24?,25-,26-,27-,28+,29-,30?/m0/s1. The number of hydrogen-bond donors (Lipinski definition) is 3. The van der Waals surface area contributed by atoms with Gasteiger partial charge < -0.3 is 20.3 Å². The summed E-state index contributed by atoms with van der Waals surface area (Å²) < 4.78 is 6.26. The van der Waals surface area contributed by atoms with Crippen molar-refractivity contribution in [1.82, 2.24) is 10.4 Å². The molecular weight excluding hydrogens is 524 g/mol. The first-order valence-corrected chi connectivity index (χ1v) is 17.5. The van der Waals surface area contributed by atoms with E-state index in [4.69, 9.17) is 9.57 Å². The van der Waals surface area contributed by atoms with Crippen molar-refractivity contribution in [1.29, 1.82) is 0 Å². The first kappa shape index (κ1) is 31.1. The summed E-state index contributed by atoms with van der Waals surface area (Å²) in [5.41, 5.74) is 0.355. The number of hydrogen-bond acceptors (Lipinski definition) is 7. The topological polar surface area (TPSA) is 91.3 Å². The number of aliphatic hydroxyl groups excluding tert-OH is 2. The van der Waals surface area contributed by atoms with Crippen LogP contribution >= 0.6 is 11.8 Å². The average molecular weight is 581 g/mol. The van der Waals surface area contributed by atoms with E-state index in [0.717, 1.165) is 18.1 Å². The van der Waals surface area contributed by atoms with Crippen LogP contribution in [0.5, 0.6) is 0 Å². The molecule has 13 atom stereocenters. The molecule has 1 heterocycles. The minimum Gasteiger partial charge on any atom is -0.394 e. The fourth-order valence-corrected chi connectivity index (χ4v) is 10.7. The minimum atomic E-state index is -0.767. The second-order valence-corrected chi connectivity index (χ2v) is 15.7. The van der Waals surface area contributed by atoms with Gasteiger partial charge in [-0.25, -0.2) is 0 Å². The lowest BCUT2D eigenvalue weighted by atomic mass is 9.45. The highest BCUT2D eigenvalue weighted by molar-refractivity contribution is 7.99. The molecule has 40 heavy (non-hydrogen) atoms. The Morgan fingerprint density at radius 1 is 1.18 bits per heavy atom. The van der Waals surface area contributed by atoms with E-state index in [1.165, 1.54) is 44.9 Å². The molecule has 2 bridgehead atoms. The summed E-state index contributed by atoms with van der Waals surface area (Å²) in [7, 11) is 1.85. The van der Waals surface area contributed by atoms with Crippen molar-refractivity contribution in [2.75, 3.05) is 26.5 Å². The summed E-state index contributed by atoms with van der Waals surface area (Å²) in [5.74, 6) is 2.66. The van der Waals surface area contributed by atoms with Crippen LogP contribution < -0.4 is 5.32 Å². The quantitative estimate of drug-likeness (QED) is 0.370. The molecular formula is C32H56N2O5S. The van der Waals surface area contributed by atoms with Gasteiger partial charge >= 0.3 is 0 Å². The highest BCUT2D eigenvalue weighted by Gasteiger charge is 2.57. The highest BCUT2D eigenvalue weighted by Crippen LogP contribution is 2.61. The molecule has 5 unspecified atom stereocenters. The number of nitrogens with zero attached hydrogens (tertiary/aromatic N) is 1. The van der Waals surface area contributed by atoms with Crippen molar-refractivity contribution in [3.63, 3.8) is 0 Å². The van der Waals surface area contributed by atoms with Gasteiger partial charge in [-0.3, -0.25) is 9.63 Å². The predicted octanol–water partition coefficient (Wildman–Crippen LogP) is 4.50. The Kier molecular flexibility index (Phi) is 9.86. The zero-order valence-electron chi connectivity index (χ0n) is 25.8. The first-order valence-electron chi connectivity index (χ1n) is 16.2. The fraction of sp³-hybridized carbons (Fsp3) is 0.969. The van der Waals surface area contributed by atoms with E-state index in [1.54, 1.807) is 6.92 Å². The molecule has 6 fully saturated rings. The molecule has 1 saturated heterocycles. The van der Waals surface area contributed by atoms with Crippen LogP contribution in [-0.2, 0) is 14.4 Å². The molecule has 3 N–H and O–H groups in total. The minimum absolute atomic E-state index is 0.0609. The summed E-state index contributed by atoms with van der Waals surface area (Å²) in [4.78, 5) is 20.4. The number of fused-ring (bicyclic) bond motifs is 2. The largest absolute Gasteiger partial charge is 0.394 e. The fourth-order valence-electron chi connectivity index (χ4n) is 9.88. The van der Waals surface area contributed by atoms with Crippen molar-refractivity contribution < 1.29 is 24.6 Å². The van der Waals surface area contributed by atoms with E-state index in [-0.39, 0.29) is 30.6 Å². The predicted molar refractivity (Wildman–Crippen MR) is 160 cm³/mol. The Hall–Kier alpha value is -0.380. The molecule has 5 saturated carbocycles. The van der Waals surface area contributed by atoms with Gasteiger partial charge in [0.15, 0.2) is 0 Å². The smallest absolute Gasteiger partial charge is 0.240 e. The summed E-state index contributed by atoms with van der Waals surface area (Å²) in [6.45, 7) is 9.13. The van der Waals surface area contributed by atoms with Gasteiger partial charge in [0.1, 0.15) is 12.1 Å². The summed E-state index contributed by atoms with van der Waals surface area (Å²) >= 11 is 2.01. The second-order valence-electron chi connectivity index (χ2n) is 14.6. The van der Waals surface area contributed by atoms with Gasteiger partial charge in [-0.15, -0.1) is 0 Å². The van der Waals surface area contributed by atoms with Crippen LogP contribution in [0.4, 0.5) is 0 Å². The van der Waals surface area contributed by atoms with Crippen LogP contribution in [0.3, 0.4) is 0 Å². The lowest BCUT2D eigenvalue weighted by molar-refractivity contribution is -0.193. The van der Waals surface area contributed by atoms with E-state index in [9.17, 15) is 15.0 Å².